The van der Waals surface area contributed by atoms with E-state index < -0.39 is 11.9 Å². The van der Waals surface area contributed by atoms with Crippen LogP contribution in [0, 0.1) is 0 Å². The largest absolute Gasteiger partial charge is 0.465 e. The monoisotopic (exact) mass is 288 g/mol. The molecule has 20 heavy (non-hydrogen) atoms. The molecule has 0 radical (unpaired) electrons. The van der Waals surface area contributed by atoms with Gasteiger partial charge < -0.3 is 9.73 Å². The summed E-state index contributed by atoms with van der Waals surface area (Å²) in [6.07, 6.45) is 2.97. The normalized spacial score (nSPS) is 16.9. The first-order chi connectivity index (χ1) is 9.65. The number of imide groups is 1. The number of amides is 3. The highest BCUT2D eigenvalue weighted by Gasteiger charge is 2.35. The first kappa shape index (κ1) is 12.5. The fourth-order valence-electron chi connectivity index (χ4n) is 1.90. The van der Waals surface area contributed by atoms with E-state index in [0.717, 1.165) is 4.90 Å². The molecule has 1 saturated heterocycles. The van der Waals surface area contributed by atoms with Crippen molar-refractivity contribution < 1.29 is 14.0 Å². The van der Waals surface area contributed by atoms with E-state index in [1.165, 1.54) is 12.3 Å². The quantitative estimate of drug-likeness (QED) is 0.682. The van der Waals surface area contributed by atoms with Crippen molar-refractivity contribution in [1.82, 2.24) is 5.32 Å². The van der Waals surface area contributed by atoms with Gasteiger partial charge in [-0.05, 0) is 30.3 Å². The van der Waals surface area contributed by atoms with Crippen molar-refractivity contribution in [2.45, 2.75) is 0 Å². The standard InChI is InChI=1S/C14H9ClN2O3/c15-9-3-1-4-10(7-9)17-13(18)12(16-14(17)19)8-11-5-2-6-20-11/h1-8H,(H,16,19). The molecule has 1 N–H and O–H groups in total. The Balaban J connectivity index is 1.95. The third-order valence-corrected chi connectivity index (χ3v) is 3.01. The molecule has 5 nitrogen and oxygen atoms in total. The van der Waals surface area contributed by atoms with Gasteiger partial charge >= 0.3 is 6.03 Å². The number of nitrogens with zero attached hydrogens (tertiary/aromatic N) is 1. The molecule has 0 atom stereocenters. The van der Waals surface area contributed by atoms with Gasteiger partial charge in [-0.2, -0.15) is 0 Å². The molecule has 1 fully saturated rings. The molecule has 100 valence electrons. The van der Waals surface area contributed by atoms with E-state index in [0.29, 0.717) is 16.5 Å². The Morgan fingerprint density at radius 1 is 1.20 bits per heavy atom. The average Bonchev–Trinajstić information content (AvgIpc) is 2.99. The second kappa shape index (κ2) is 4.86. The van der Waals surface area contributed by atoms with Gasteiger partial charge in [0.25, 0.3) is 5.91 Å². The van der Waals surface area contributed by atoms with Gasteiger partial charge in [0.2, 0.25) is 0 Å². The molecule has 0 unspecified atom stereocenters. The van der Waals surface area contributed by atoms with Crippen LogP contribution in [0.1, 0.15) is 5.76 Å². The molecule has 0 saturated carbocycles. The molecule has 1 aliphatic heterocycles. The minimum Gasteiger partial charge on any atom is -0.465 e. The maximum atomic E-state index is 12.2. The minimum absolute atomic E-state index is 0.157. The zero-order valence-corrected chi connectivity index (χ0v) is 10.9. The zero-order chi connectivity index (χ0) is 14.1. The summed E-state index contributed by atoms with van der Waals surface area (Å²) in [5, 5.41) is 2.96. The molecule has 1 aromatic heterocycles. The van der Waals surface area contributed by atoms with Gasteiger partial charge in [0.05, 0.1) is 12.0 Å². The van der Waals surface area contributed by atoms with Gasteiger partial charge in [-0.25, -0.2) is 9.69 Å². The molecule has 2 heterocycles. The van der Waals surface area contributed by atoms with E-state index in [9.17, 15) is 9.59 Å². The number of carbonyl (C=O) groups is 2. The van der Waals surface area contributed by atoms with Crippen LogP contribution in [-0.2, 0) is 4.79 Å². The first-order valence-electron chi connectivity index (χ1n) is 5.81. The van der Waals surface area contributed by atoms with Crippen LogP contribution in [0.3, 0.4) is 0 Å². The lowest BCUT2D eigenvalue weighted by molar-refractivity contribution is -0.113. The topological polar surface area (TPSA) is 62.6 Å². The number of urea groups is 1. The number of benzene rings is 1. The number of rotatable bonds is 2. The first-order valence-corrected chi connectivity index (χ1v) is 6.19. The third-order valence-electron chi connectivity index (χ3n) is 2.77. The zero-order valence-electron chi connectivity index (χ0n) is 10.2. The van der Waals surface area contributed by atoms with Crippen molar-refractivity contribution >= 4 is 35.3 Å². The molecule has 6 heteroatoms. The minimum atomic E-state index is -0.518. The number of hydrogen-bond acceptors (Lipinski definition) is 3. The lowest BCUT2D eigenvalue weighted by Gasteiger charge is -2.11. The Hall–Kier alpha value is -2.53. The molecule has 1 aliphatic rings. The number of halogens is 1. The summed E-state index contributed by atoms with van der Waals surface area (Å²) in [5.41, 5.74) is 0.577. The van der Waals surface area contributed by atoms with Crippen LogP contribution in [0.25, 0.3) is 6.08 Å². The molecule has 3 rings (SSSR count). The van der Waals surface area contributed by atoms with Crippen molar-refractivity contribution in [2.24, 2.45) is 0 Å². The van der Waals surface area contributed by atoms with Crippen LogP contribution in [0.15, 0.2) is 52.8 Å². The van der Waals surface area contributed by atoms with Gasteiger partial charge in [-0.15, -0.1) is 0 Å². The summed E-state index contributed by atoms with van der Waals surface area (Å²) in [5.74, 6) is 0.0373. The lowest BCUT2D eigenvalue weighted by atomic mass is 10.3. The number of nitrogens with one attached hydrogen (secondary N) is 1. The number of hydrogen-bond donors (Lipinski definition) is 1. The SMILES string of the molecule is O=C1NC(=Cc2ccco2)C(=O)N1c1cccc(Cl)c1. The van der Waals surface area contributed by atoms with Gasteiger partial charge in [0, 0.05) is 11.1 Å². The smallest absolute Gasteiger partial charge is 0.333 e. The predicted octanol–water partition coefficient (Wildman–Crippen LogP) is 3.03. The van der Waals surface area contributed by atoms with Crippen LogP contribution < -0.4 is 10.2 Å². The molecular formula is C14H9ClN2O3. The lowest BCUT2D eigenvalue weighted by Crippen LogP contribution is -2.30. The predicted molar refractivity (Wildman–Crippen MR) is 74.2 cm³/mol. The fourth-order valence-corrected chi connectivity index (χ4v) is 2.08. The molecule has 0 bridgehead atoms. The molecule has 3 amide bonds. The van der Waals surface area contributed by atoms with Gasteiger partial charge in [0.1, 0.15) is 11.5 Å². The molecule has 0 aliphatic carbocycles. The van der Waals surface area contributed by atoms with Gasteiger partial charge in [-0.3, -0.25) is 4.79 Å². The highest BCUT2D eigenvalue weighted by molar-refractivity contribution is 6.32. The van der Waals surface area contributed by atoms with Crippen LogP contribution in [0.4, 0.5) is 10.5 Å². The summed E-state index contributed by atoms with van der Waals surface area (Å²) in [4.78, 5) is 25.2. The average molecular weight is 289 g/mol. The number of carbonyl (C=O) groups excluding carboxylic acids is 2. The Labute approximate surface area is 119 Å². The maximum absolute atomic E-state index is 12.2. The van der Waals surface area contributed by atoms with E-state index in [1.54, 1.807) is 36.4 Å². The van der Waals surface area contributed by atoms with Crippen molar-refractivity contribution in [1.29, 1.82) is 0 Å². The van der Waals surface area contributed by atoms with Crippen LogP contribution in [0.5, 0.6) is 0 Å². The summed E-state index contributed by atoms with van der Waals surface area (Å²) in [6, 6.07) is 9.40. The highest BCUT2D eigenvalue weighted by atomic mass is 35.5. The van der Waals surface area contributed by atoms with Crippen molar-refractivity contribution in [3.8, 4) is 0 Å². The van der Waals surface area contributed by atoms with Crippen LogP contribution in [0.2, 0.25) is 5.02 Å². The van der Waals surface area contributed by atoms with E-state index in [-0.39, 0.29) is 5.70 Å². The molecular weight excluding hydrogens is 280 g/mol. The Morgan fingerprint density at radius 2 is 2.05 bits per heavy atom. The summed E-state index contributed by atoms with van der Waals surface area (Å²) >= 11 is 5.87. The Bertz CT molecular complexity index is 707. The van der Waals surface area contributed by atoms with Crippen molar-refractivity contribution in [2.75, 3.05) is 4.90 Å². The van der Waals surface area contributed by atoms with E-state index in [4.69, 9.17) is 16.0 Å². The van der Waals surface area contributed by atoms with Crippen LogP contribution in [-0.4, -0.2) is 11.9 Å². The summed E-state index contributed by atoms with van der Waals surface area (Å²) < 4.78 is 5.12. The van der Waals surface area contributed by atoms with E-state index in [1.807, 2.05) is 0 Å². The van der Waals surface area contributed by atoms with Gasteiger partial charge in [0.15, 0.2) is 0 Å². The van der Waals surface area contributed by atoms with Crippen molar-refractivity contribution in [3.05, 3.63) is 59.1 Å². The molecule has 0 spiro atoms. The summed E-state index contributed by atoms with van der Waals surface area (Å²) in [7, 11) is 0. The fraction of sp³-hybridized carbons (Fsp3) is 0. The second-order valence-electron chi connectivity index (χ2n) is 4.12. The Kier molecular flexibility index (Phi) is 3.04. The Morgan fingerprint density at radius 3 is 2.75 bits per heavy atom. The number of anilines is 1. The third kappa shape index (κ3) is 2.19. The van der Waals surface area contributed by atoms with Crippen molar-refractivity contribution in [3.63, 3.8) is 0 Å². The summed E-state index contributed by atoms with van der Waals surface area (Å²) in [6.45, 7) is 0. The van der Waals surface area contributed by atoms with Gasteiger partial charge in [-0.1, -0.05) is 17.7 Å². The second-order valence-corrected chi connectivity index (χ2v) is 4.56. The van der Waals surface area contributed by atoms with Crippen LogP contribution >= 0.6 is 11.6 Å². The van der Waals surface area contributed by atoms with E-state index in [2.05, 4.69) is 5.32 Å². The highest BCUT2D eigenvalue weighted by Crippen LogP contribution is 2.24. The molecule has 2 aromatic rings. The van der Waals surface area contributed by atoms with E-state index >= 15 is 0 Å². The number of furan rings is 1. The molecule has 1 aromatic carbocycles. The maximum Gasteiger partial charge on any atom is 0.333 e.